The molecule has 1 aromatic rings. The summed E-state index contributed by atoms with van der Waals surface area (Å²) >= 11 is 0. The van der Waals surface area contributed by atoms with Crippen LogP contribution in [0.25, 0.3) is 0 Å². The Bertz CT molecular complexity index is 184. The lowest BCUT2D eigenvalue weighted by Crippen LogP contribution is -1.95. The van der Waals surface area contributed by atoms with Crippen molar-refractivity contribution in [3.05, 3.63) is 43.0 Å². The molecule has 2 nitrogen and oxygen atoms in total. The van der Waals surface area contributed by atoms with E-state index in [0.29, 0.717) is 6.61 Å². The summed E-state index contributed by atoms with van der Waals surface area (Å²) in [7, 11) is 3.19. The van der Waals surface area contributed by atoms with Crippen LogP contribution in [-0.4, -0.2) is 6.79 Å². The van der Waals surface area contributed by atoms with Gasteiger partial charge in [-0.1, -0.05) is 30.3 Å². The molecule has 0 aliphatic carbocycles. The van der Waals surface area contributed by atoms with Crippen LogP contribution in [0, 0.1) is 7.11 Å². The largest absolute Gasteiger partial charge is 0.353 e. The number of benzene rings is 1. The molecular weight excluding hydrogens is 140 g/mol. The fraction of sp³-hybridized carbons (Fsp3) is 0.222. The lowest BCUT2D eigenvalue weighted by atomic mass is 10.2. The first-order chi connectivity index (χ1) is 5.43. The molecule has 0 N–H and O–H groups in total. The first-order valence-electron chi connectivity index (χ1n) is 3.42. The van der Waals surface area contributed by atoms with E-state index < -0.39 is 0 Å². The molecule has 0 heterocycles. The van der Waals surface area contributed by atoms with Gasteiger partial charge < -0.3 is 9.47 Å². The second-order valence-corrected chi connectivity index (χ2v) is 2.16. The molecule has 11 heavy (non-hydrogen) atoms. The Kier molecular flexibility index (Phi) is 3.65. The number of rotatable bonds is 4. The monoisotopic (exact) mass is 151 g/mol. The molecule has 0 unspecified atom stereocenters. The SMILES string of the molecule is [CH2]OCOCc1ccccc1. The van der Waals surface area contributed by atoms with Crippen molar-refractivity contribution < 1.29 is 9.47 Å². The zero-order valence-corrected chi connectivity index (χ0v) is 6.32. The van der Waals surface area contributed by atoms with Crippen LogP contribution in [0.1, 0.15) is 5.56 Å². The summed E-state index contributed by atoms with van der Waals surface area (Å²) in [6.45, 7) is 0.825. The number of ether oxygens (including phenoxy) is 2. The third kappa shape index (κ3) is 3.16. The maximum absolute atomic E-state index is 5.08. The summed E-state index contributed by atoms with van der Waals surface area (Å²) in [6.07, 6.45) is 0. The molecule has 1 radical (unpaired) electrons. The van der Waals surface area contributed by atoms with Crippen molar-refractivity contribution in [2.75, 3.05) is 6.79 Å². The standard InChI is InChI=1S/C9H11O2/c1-10-8-11-7-9-5-3-2-4-6-9/h2-6H,1,7-8H2. The molecule has 0 saturated heterocycles. The van der Waals surface area contributed by atoms with Crippen LogP contribution in [0.15, 0.2) is 30.3 Å². The summed E-state index contributed by atoms with van der Waals surface area (Å²) in [5.74, 6) is 0. The van der Waals surface area contributed by atoms with Gasteiger partial charge in [0.1, 0.15) is 6.79 Å². The van der Waals surface area contributed by atoms with Gasteiger partial charge in [0.25, 0.3) is 0 Å². The maximum Gasteiger partial charge on any atom is 0.147 e. The molecule has 0 atom stereocenters. The molecule has 2 heteroatoms. The Morgan fingerprint density at radius 3 is 2.55 bits per heavy atom. The predicted molar refractivity (Wildman–Crippen MR) is 42.5 cm³/mol. The third-order valence-corrected chi connectivity index (χ3v) is 1.28. The van der Waals surface area contributed by atoms with Gasteiger partial charge in [-0.05, 0) is 5.56 Å². The normalized spacial score (nSPS) is 9.91. The summed E-state index contributed by atoms with van der Waals surface area (Å²) in [5, 5.41) is 0. The van der Waals surface area contributed by atoms with Gasteiger partial charge in [-0.15, -0.1) is 0 Å². The van der Waals surface area contributed by atoms with E-state index in [-0.39, 0.29) is 6.79 Å². The van der Waals surface area contributed by atoms with Gasteiger partial charge in [0.15, 0.2) is 0 Å². The highest BCUT2D eigenvalue weighted by atomic mass is 16.7. The Morgan fingerprint density at radius 1 is 1.18 bits per heavy atom. The van der Waals surface area contributed by atoms with Crippen molar-refractivity contribution in [1.29, 1.82) is 0 Å². The van der Waals surface area contributed by atoms with Gasteiger partial charge in [-0.2, -0.15) is 0 Å². The molecular formula is C9H11O2. The average molecular weight is 151 g/mol. The topological polar surface area (TPSA) is 18.5 Å². The van der Waals surface area contributed by atoms with E-state index in [1.165, 1.54) is 0 Å². The van der Waals surface area contributed by atoms with E-state index >= 15 is 0 Å². The molecule has 0 aliphatic rings. The number of hydrogen-bond acceptors (Lipinski definition) is 2. The van der Waals surface area contributed by atoms with Crippen molar-refractivity contribution in [3.8, 4) is 0 Å². The Morgan fingerprint density at radius 2 is 1.91 bits per heavy atom. The number of hydrogen-bond donors (Lipinski definition) is 0. The molecule has 0 amide bonds. The minimum absolute atomic E-state index is 0.245. The predicted octanol–water partition coefficient (Wildman–Crippen LogP) is 1.97. The molecule has 0 spiro atoms. The summed E-state index contributed by atoms with van der Waals surface area (Å²) in [4.78, 5) is 0. The van der Waals surface area contributed by atoms with Crippen molar-refractivity contribution in [2.24, 2.45) is 0 Å². The maximum atomic E-state index is 5.08. The summed E-state index contributed by atoms with van der Waals surface area (Å²) in [5.41, 5.74) is 1.14. The van der Waals surface area contributed by atoms with Crippen LogP contribution in [0.4, 0.5) is 0 Å². The van der Waals surface area contributed by atoms with Crippen LogP contribution < -0.4 is 0 Å². The molecule has 0 aliphatic heterocycles. The van der Waals surface area contributed by atoms with Gasteiger partial charge in [-0.3, -0.25) is 0 Å². The van der Waals surface area contributed by atoms with Gasteiger partial charge in [0, 0.05) is 0 Å². The third-order valence-electron chi connectivity index (χ3n) is 1.28. The quantitative estimate of drug-likeness (QED) is 0.484. The fourth-order valence-electron chi connectivity index (χ4n) is 0.793. The van der Waals surface area contributed by atoms with Gasteiger partial charge >= 0.3 is 0 Å². The van der Waals surface area contributed by atoms with E-state index in [1.54, 1.807) is 0 Å². The van der Waals surface area contributed by atoms with E-state index in [9.17, 15) is 0 Å². The van der Waals surface area contributed by atoms with Crippen molar-refractivity contribution in [1.82, 2.24) is 0 Å². The molecule has 1 aromatic carbocycles. The lowest BCUT2D eigenvalue weighted by molar-refractivity contribution is -0.0235. The van der Waals surface area contributed by atoms with E-state index in [4.69, 9.17) is 4.74 Å². The van der Waals surface area contributed by atoms with Crippen LogP contribution in [0.2, 0.25) is 0 Å². The Labute approximate surface area is 66.8 Å². The average Bonchev–Trinajstić information content (AvgIpc) is 2.07. The van der Waals surface area contributed by atoms with E-state index in [2.05, 4.69) is 11.8 Å². The van der Waals surface area contributed by atoms with Crippen LogP contribution >= 0.6 is 0 Å². The Hall–Kier alpha value is -0.860. The van der Waals surface area contributed by atoms with Gasteiger partial charge in [-0.25, -0.2) is 0 Å². The highest BCUT2D eigenvalue weighted by Gasteiger charge is 1.88. The van der Waals surface area contributed by atoms with Gasteiger partial charge in [0.2, 0.25) is 0 Å². The first-order valence-corrected chi connectivity index (χ1v) is 3.42. The van der Waals surface area contributed by atoms with Gasteiger partial charge in [0.05, 0.1) is 13.7 Å². The molecule has 0 fully saturated rings. The summed E-state index contributed by atoms with van der Waals surface area (Å²) in [6, 6.07) is 9.93. The van der Waals surface area contributed by atoms with Crippen LogP contribution in [0.5, 0.6) is 0 Å². The summed E-state index contributed by atoms with van der Waals surface area (Å²) < 4.78 is 9.58. The smallest absolute Gasteiger partial charge is 0.147 e. The highest BCUT2D eigenvalue weighted by Crippen LogP contribution is 1.99. The second-order valence-electron chi connectivity index (χ2n) is 2.16. The first kappa shape index (κ1) is 8.24. The zero-order valence-electron chi connectivity index (χ0n) is 6.32. The molecule has 59 valence electrons. The van der Waals surface area contributed by atoms with Crippen molar-refractivity contribution in [3.63, 3.8) is 0 Å². The van der Waals surface area contributed by atoms with Crippen molar-refractivity contribution >= 4 is 0 Å². The zero-order chi connectivity index (χ0) is 7.94. The van der Waals surface area contributed by atoms with E-state index in [1.807, 2.05) is 30.3 Å². The molecule has 1 rings (SSSR count). The van der Waals surface area contributed by atoms with Crippen LogP contribution in [0.3, 0.4) is 0 Å². The fourth-order valence-corrected chi connectivity index (χ4v) is 0.793. The molecule has 0 bridgehead atoms. The molecule has 0 saturated carbocycles. The highest BCUT2D eigenvalue weighted by molar-refractivity contribution is 5.13. The van der Waals surface area contributed by atoms with Crippen LogP contribution in [-0.2, 0) is 16.1 Å². The lowest BCUT2D eigenvalue weighted by Gasteiger charge is -2.01. The Balaban J connectivity index is 2.28. The minimum atomic E-state index is 0.245. The van der Waals surface area contributed by atoms with Crippen molar-refractivity contribution in [2.45, 2.75) is 6.61 Å². The second kappa shape index (κ2) is 4.88. The van der Waals surface area contributed by atoms with E-state index in [0.717, 1.165) is 5.56 Å². The molecule has 0 aromatic heterocycles. The minimum Gasteiger partial charge on any atom is -0.353 e.